The fraction of sp³-hybridized carbons (Fsp3) is 0.474. The molecule has 154 valence electrons. The number of nitrogens with one attached hydrogen (secondary N) is 3. The van der Waals surface area contributed by atoms with Crippen molar-refractivity contribution in [3.63, 3.8) is 0 Å². The van der Waals surface area contributed by atoms with Gasteiger partial charge in [-0.2, -0.15) is 5.26 Å². The molecule has 1 aromatic heterocycles. The van der Waals surface area contributed by atoms with Crippen LogP contribution in [0.25, 0.3) is 0 Å². The molecule has 2 amide bonds. The largest absolute Gasteiger partial charge is 0.373 e. The molecule has 2 heterocycles. The number of aryl methyl sites for hydroxylation is 1. The van der Waals surface area contributed by atoms with Crippen LogP contribution in [0.3, 0.4) is 0 Å². The number of anilines is 1. The van der Waals surface area contributed by atoms with Crippen molar-refractivity contribution < 1.29 is 18.7 Å². The monoisotopic (exact) mass is 402 g/mol. The molecule has 29 heavy (non-hydrogen) atoms. The number of morpholine rings is 1. The Morgan fingerprint density at radius 2 is 2.31 bits per heavy atom. The lowest BCUT2D eigenvalue weighted by molar-refractivity contribution is -0.0834. The van der Waals surface area contributed by atoms with Crippen molar-refractivity contribution >= 4 is 11.8 Å². The van der Waals surface area contributed by atoms with Gasteiger partial charge >= 0.3 is 6.03 Å². The zero-order chi connectivity index (χ0) is 20.9. The number of aromatic nitrogens is 2. The number of carbonyl (C=O) groups excluding carboxylic acids is 1. The van der Waals surface area contributed by atoms with E-state index in [-0.39, 0.29) is 36.2 Å². The number of ether oxygens (including phenoxy) is 2. The molecule has 10 heteroatoms. The van der Waals surface area contributed by atoms with Gasteiger partial charge in [0.2, 0.25) is 0 Å². The SMILES string of the molecule is Cc1cnc(NC(=O)NC2=CC(C#N)=C(F)CC2(C)OC[C@@H]2CNCCO2)cn1. The summed E-state index contributed by atoms with van der Waals surface area (Å²) in [7, 11) is 0. The highest BCUT2D eigenvalue weighted by atomic mass is 19.1. The van der Waals surface area contributed by atoms with Crippen LogP contribution in [0.2, 0.25) is 0 Å². The number of nitriles is 1. The maximum Gasteiger partial charge on any atom is 0.324 e. The van der Waals surface area contributed by atoms with E-state index in [1.807, 2.05) is 0 Å². The van der Waals surface area contributed by atoms with Gasteiger partial charge in [-0.15, -0.1) is 0 Å². The topological polar surface area (TPSA) is 121 Å². The van der Waals surface area contributed by atoms with Gasteiger partial charge in [-0.05, 0) is 19.9 Å². The van der Waals surface area contributed by atoms with Gasteiger partial charge in [0.05, 0.1) is 48.7 Å². The van der Waals surface area contributed by atoms with E-state index in [0.717, 1.165) is 6.54 Å². The summed E-state index contributed by atoms with van der Waals surface area (Å²) in [6, 6.07) is 1.20. The number of allylic oxidation sites excluding steroid dienone is 2. The van der Waals surface area contributed by atoms with Crippen molar-refractivity contribution in [3.05, 3.63) is 41.3 Å². The molecule has 1 aliphatic carbocycles. The molecule has 3 N–H and O–H groups in total. The second-order valence-electron chi connectivity index (χ2n) is 7.03. The third kappa shape index (κ3) is 5.35. The maximum atomic E-state index is 14.3. The molecule has 1 fully saturated rings. The molecule has 0 saturated carbocycles. The second kappa shape index (κ2) is 9.09. The molecular formula is C19H23FN6O3. The van der Waals surface area contributed by atoms with Crippen LogP contribution in [0.15, 0.2) is 35.6 Å². The zero-order valence-corrected chi connectivity index (χ0v) is 16.3. The minimum absolute atomic E-state index is 0.146. The van der Waals surface area contributed by atoms with Crippen molar-refractivity contribution in [2.75, 3.05) is 31.6 Å². The first kappa shape index (κ1) is 20.9. The summed E-state index contributed by atoms with van der Waals surface area (Å²) < 4.78 is 25.9. The third-order valence-corrected chi connectivity index (χ3v) is 4.63. The van der Waals surface area contributed by atoms with Gasteiger partial charge in [0.1, 0.15) is 17.5 Å². The number of hydrogen-bond donors (Lipinski definition) is 3. The Hall–Kier alpha value is -2.87. The van der Waals surface area contributed by atoms with Crippen LogP contribution in [0.1, 0.15) is 19.0 Å². The molecule has 0 aromatic carbocycles. The number of amides is 2. The fourth-order valence-corrected chi connectivity index (χ4v) is 2.98. The van der Waals surface area contributed by atoms with Crippen LogP contribution in [-0.4, -0.2) is 54.0 Å². The van der Waals surface area contributed by atoms with Crippen LogP contribution in [0, 0.1) is 18.3 Å². The van der Waals surface area contributed by atoms with Crippen molar-refractivity contribution in [1.82, 2.24) is 20.6 Å². The second-order valence-corrected chi connectivity index (χ2v) is 7.03. The number of hydrogen-bond acceptors (Lipinski definition) is 7. The van der Waals surface area contributed by atoms with E-state index in [2.05, 4.69) is 25.9 Å². The first-order valence-electron chi connectivity index (χ1n) is 9.23. The number of rotatable bonds is 5. The summed E-state index contributed by atoms with van der Waals surface area (Å²) in [6.45, 7) is 5.61. The average Bonchev–Trinajstić information content (AvgIpc) is 2.71. The fourth-order valence-electron chi connectivity index (χ4n) is 2.98. The quantitative estimate of drug-likeness (QED) is 0.685. The lowest BCUT2D eigenvalue weighted by Gasteiger charge is -2.36. The van der Waals surface area contributed by atoms with E-state index in [1.54, 1.807) is 19.9 Å². The molecular weight excluding hydrogens is 379 g/mol. The Labute approximate surface area is 168 Å². The summed E-state index contributed by atoms with van der Waals surface area (Å²) in [6.07, 6.45) is 3.88. The Morgan fingerprint density at radius 1 is 1.48 bits per heavy atom. The van der Waals surface area contributed by atoms with Gasteiger partial charge in [-0.1, -0.05) is 0 Å². The Morgan fingerprint density at radius 3 is 2.97 bits per heavy atom. The van der Waals surface area contributed by atoms with Gasteiger partial charge < -0.3 is 20.1 Å². The minimum Gasteiger partial charge on any atom is -0.373 e. The highest BCUT2D eigenvalue weighted by molar-refractivity contribution is 5.89. The molecule has 0 radical (unpaired) electrons. The molecule has 1 unspecified atom stereocenters. The molecule has 2 aliphatic rings. The van der Waals surface area contributed by atoms with E-state index in [4.69, 9.17) is 9.47 Å². The first-order chi connectivity index (χ1) is 13.9. The molecule has 1 aromatic rings. The molecule has 0 spiro atoms. The van der Waals surface area contributed by atoms with Crippen molar-refractivity contribution in [3.8, 4) is 6.07 Å². The molecule has 1 saturated heterocycles. The molecule has 2 atom stereocenters. The van der Waals surface area contributed by atoms with Gasteiger partial charge in [0.25, 0.3) is 0 Å². The number of urea groups is 1. The lowest BCUT2D eigenvalue weighted by atomic mass is 9.89. The predicted molar refractivity (Wildman–Crippen MR) is 102 cm³/mol. The Bertz CT molecular complexity index is 858. The van der Waals surface area contributed by atoms with Gasteiger partial charge in [0, 0.05) is 19.5 Å². The molecule has 3 rings (SSSR count). The van der Waals surface area contributed by atoms with Crippen LogP contribution in [-0.2, 0) is 9.47 Å². The summed E-state index contributed by atoms with van der Waals surface area (Å²) in [5, 5.41) is 17.6. The lowest BCUT2D eigenvalue weighted by Crippen LogP contribution is -2.47. The highest BCUT2D eigenvalue weighted by Crippen LogP contribution is 2.35. The first-order valence-corrected chi connectivity index (χ1v) is 9.23. The van der Waals surface area contributed by atoms with E-state index in [9.17, 15) is 14.4 Å². The Balaban J connectivity index is 1.72. The minimum atomic E-state index is -1.17. The summed E-state index contributed by atoms with van der Waals surface area (Å²) in [5.41, 5.74) is -0.323. The van der Waals surface area contributed by atoms with Crippen molar-refractivity contribution in [2.45, 2.75) is 32.0 Å². The van der Waals surface area contributed by atoms with Crippen LogP contribution >= 0.6 is 0 Å². The number of nitrogens with zero attached hydrogens (tertiary/aromatic N) is 3. The smallest absolute Gasteiger partial charge is 0.324 e. The summed E-state index contributed by atoms with van der Waals surface area (Å²) in [5.74, 6) is -0.330. The van der Waals surface area contributed by atoms with Crippen LogP contribution < -0.4 is 16.0 Å². The van der Waals surface area contributed by atoms with Crippen molar-refractivity contribution in [1.29, 1.82) is 5.26 Å². The predicted octanol–water partition coefficient (Wildman–Crippen LogP) is 1.70. The van der Waals surface area contributed by atoms with E-state index in [1.165, 1.54) is 18.5 Å². The summed E-state index contributed by atoms with van der Waals surface area (Å²) in [4.78, 5) is 20.5. The Kier molecular flexibility index (Phi) is 6.53. The van der Waals surface area contributed by atoms with Crippen LogP contribution in [0.4, 0.5) is 15.0 Å². The van der Waals surface area contributed by atoms with Gasteiger partial charge in [0.15, 0.2) is 5.82 Å². The normalized spacial score (nSPS) is 24.5. The van der Waals surface area contributed by atoms with Crippen LogP contribution in [0.5, 0.6) is 0 Å². The number of carbonyl (C=O) groups is 1. The van der Waals surface area contributed by atoms with E-state index in [0.29, 0.717) is 18.8 Å². The third-order valence-electron chi connectivity index (χ3n) is 4.63. The molecule has 0 bridgehead atoms. The van der Waals surface area contributed by atoms with Gasteiger partial charge in [-0.25, -0.2) is 14.2 Å². The average molecular weight is 402 g/mol. The van der Waals surface area contributed by atoms with Gasteiger partial charge in [-0.3, -0.25) is 10.3 Å². The highest BCUT2D eigenvalue weighted by Gasteiger charge is 2.38. The van der Waals surface area contributed by atoms with Crippen molar-refractivity contribution in [2.24, 2.45) is 0 Å². The van der Waals surface area contributed by atoms with E-state index >= 15 is 0 Å². The molecule has 1 aliphatic heterocycles. The number of halogens is 1. The zero-order valence-electron chi connectivity index (χ0n) is 16.3. The standard InChI is InChI=1S/C19H23FN6O3/c1-12-8-24-17(10-23-12)26-18(27)25-16-5-13(7-21)15(20)6-19(16,2)29-11-14-9-22-3-4-28-14/h5,8,10,14,22H,3-4,6,9,11H2,1-2H3,(H2,24,25,26,27)/t14-,19?/m0/s1. The summed E-state index contributed by atoms with van der Waals surface area (Å²) >= 11 is 0. The maximum absolute atomic E-state index is 14.3. The molecule has 9 nitrogen and oxygen atoms in total. The van der Waals surface area contributed by atoms with E-state index < -0.39 is 17.5 Å².